The van der Waals surface area contributed by atoms with Crippen molar-refractivity contribution in [3.05, 3.63) is 54.0 Å². The summed E-state index contributed by atoms with van der Waals surface area (Å²) in [5, 5.41) is 6.36. The van der Waals surface area contributed by atoms with Gasteiger partial charge in [-0.1, -0.05) is 18.2 Å². The first-order valence-electron chi connectivity index (χ1n) is 6.92. The van der Waals surface area contributed by atoms with Crippen LogP contribution in [-0.4, -0.2) is 12.5 Å². The smallest absolute Gasteiger partial charge is 0.228 e. The van der Waals surface area contributed by atoms with Crippen molar-refractivity contribution in [2.75, 3.05) is 11.9 Å². The van der Waals surface area contributed by atoms with Crippen molar-refractivity contribution >= 4 is 11.6 Å². The largest absolute Gasteiger partial charge is 0.467 e. The van der Waals surface area contributed by atoms with Crippen LogP contribution in [0.3, 0.4) is 0 Å². The lowest BCUT2D eigenvalue weighted by Gasteiger charge is -2.26. The molecule has 3 rings (SSSR count). The summed E-state index contributed by atoms with van der Waals surface area (Å²) >= 11 is 0. The van der Waals surface area contributed by atoms with Crippen LogP contribution in [0.5, 0.6) is 0 Å². The lowest BCUT2D eigenvalue weighted by molar-refractivity contribution is -0.123. The predicted molar refractivity (Wildman–Crippen MR) is 77.6 cm³/mol. The summed E-state index contributed by atoms with van der Waals surface area (Å²) in [7, 11) is 0. The molecule has 1 aromatic carbocycles. The standard InChI is InChI=1S/C16H18N2O2/c1-11(15-7-4-10-20-15)18-16(19)13-8-9-17-14-6-3-2-5-12(13)14/h2-7,10-11,13,17H,8-9H2,1H3,(H,18,19)/t11-,13?/m1/s1. The fourth-order valence-corrected chi connectivity index (χ4v) is 2.66. The van der Waals surface area contributed by atoms with Crippen LogP contribution < -0.4 is 10.6 Å². The number of para-hydroxylation sites is 1. The maximum Gasteiger partial charge on any atom is 0.228 e. The predicted octanol–water partition coefficient (Wildman–Crippen LogP) is 3.06. The third-order valence-corrected chi connectivity index (χ3v) is 3.73. The number of rotatable bonds is 3. The Morgan fingerprint density at radius 3 is 3.00 bits per heavy atom. The minimum absolute atomic E-state index is 0.0582. The van der Waals surface area contributed by atoms with E-state index in [1.165, 1.54) is 0 Å². The Morgan fingerprint density at radius 1 is 1.35 bits per heavy atom. The summed E-state index contributed by atoms with van der Waals surface area (Å²) in [5.74, 6) is 0.744. The second-order valence-corrected chi connectivity index (χ2v) is 5.10. The average molecular weight is 270 g/mol. The summed E-state index contributed by atoms with van der Waals surface area (Å²) < 4.78 is 5.33. The Morgan fingerprint density at radius 2 is 2.20 bits per heavy atom. The van der Waals surface area contributed by atoms with Crippen molar-refractivity contribution in [3.63, 3.8) is 0 Å². The number of amides is 1. The van der Waals surface area contributed by atoms with Gasteiger partial charge in [0.15, 0.2) is 0 Å². The van der Waals surface area contributed by atoms with E-state index in [9.17, 15) is 4.79 Å². The molecule has 20 heavy (non-hydrogen) atoms. The Balaban J connectivity index is 1.75. The molecule has 1 aromatic heterocycles. The summed E-state index contributed by atoms with van der Waals surface area (Å²) in [6, 6.07) is 11.6. The van der Waals surface area contributed by atoms with Gasteiger partial charge in [0, 0.05) is 12.2 Å². The van der Waals surface area contributed by atoms with Gasteiger partial charge >= 0.3 is 0 Å². The molecule has 0 saturated heterocycles. The molecule has 1 aliphatic rings. The van der Waals surface area contributed by atoms with Crippen LogP contribution >= 0.6 is 0 Å². The molecule has 0 aliphatic carbocycles. The number of hydrogen-bond acceptors (Lipinski definition) is 3. The zero-order chi connectivity index (χ0) is 13.9. The molecule has 0 fully saturated rings. The zero-order valence-corrected chi connectivity index (χ0v) is 11.4. The van der Waals surface area contributed by atoms with Crippen LogP contribution in [-0.2, 0) is 4.79 Å². The number of anilines is 1. The topological polar surface area (TPSA) is 54.3 Å². The molecule has 0 saturated carbocycles. The van der Waals surface area contributed by atoms with Gasteiger partial charge in [0.2, 0.25) is 5.91 Å². The zero-order valence-electron chi connectivity index (χ0n) is 11.4. The highest BCUT2D eigenvalue weighted by atomic mass is 16.3. The van der Waals surface area contributed by atoms with Gasteiger partial charge in [-0.25, -0.2) is 0 Å². The van der Waals surface area contributed by atoms with Crippen LogP contribution in [0.15, 0.2) is 47.1 Å². The van der Waals surface area contributed by atoms with Gasteiger partial charge in [0.05, 0.1) is 18.2 Å². The first-order valence-corrected chi connectivity index (χ1v) is 6.92. The van der Waals surface area contributed by atoms with Gasteiger partial charge < -0.3 is 15.1 Å². The van der Waals surface area contributed by atoms with Gasteiger partial charge in [-0.05, 0) is 37.1 Å². The minimum atomic E-state index is -0.112. The molecule has 1 aliphatic heterocycles. The number of fused-ring (bicyclic) bond motifs is 1. The number of furan rings is 1. The first-order chi connectivity index (χ1) is 9.75. The van der Waals surface area contributed by atoms with Crippen LogP contribution in [0.2, 0.25) is 0 Å². The van der Waals surface area contributed by atoms with E-state index in [0.717, 1.165) is 30.0 Å². The molecular weight excluding hydrogens is 252 g/mol. The van der Waals surface area contributed by atoms with Crippen molar-refractivity contribution < 1.29 is 9.21 Å². The minimum Gasteiger partial charge on any atom is -0.467 e. The van der Waals surface area contributed by atoms with Gasteiger partial charge in [-0.2, -0.15) is 0 Å². The maximum absolute atomic E-state index is 12.5. The van der Waals surface area contributed by atoms with Crippen molar-refractivity contribution in [2.24, 2.45) is 0 Å². The second-order valence-electron chi connectivity index (χ2n) is 5.10. The first kappa shape index (κ1) is 12.8. The van der Waals surface area contributed by atoms with E-state index in [4.69, 9.17) is 4.42 Å². The van der Waals surface area contributed by atoms with E-state index >= 15 is 0 Å². The molecule has 1 amide bonds. The van der Waals surface area contributed by atoms with E-state index in [-0.39, 0.29) is 17.9 Å². The average Bonchev–Trinajstić information content (AvgIpc) is 3.01. The van der Waals surface area contributed by atoms with Crippen LogP contribution in [0.1, 0.15) is 36.6 Å². The number of benzene rings is 1. The Labute approximate surface area is 118 Å². The maximum atomic E-state index is 12.5. The molecule has 4 heteroatoms. The lowest BCUT2D eigenvalue weighted by atomic mass is 9.90. The quantitative estimate of drug-likeness (QED) is 0.901. The van der Waals surface area contributed by atoms with Crippen molar-refractivity contribution in [3.8, 4) is 0 Å². The number of hydrogen-bond donors (Lipinski definition) is 2. The van der Waals surface area contributed by atoms with Crippen LogP contribution in [0, 0.1) is 0 Å². The van der Waals surface area contributed by atoms with Gasteiger partial charge in [0.25, 0.3) is 0 Å². The molecule has 4 nitrogen and oxygen atoms in total. The van der Waals surface area contributed by atoms with Crippen LogP contribution in [0.4, 0.5) is 5.69 Å². The highest BCUT2D eigenvalue weighted by Crippen LogP contribution is 2.31. The normalized spacial score (nSPS) is 18.8. The van der Waals surface area contributed by atoms with E-state index < -0.39 is 0 Å². The number of carbonyl (C=O) groups excluding carboxylic acids is 1. The molecule has 104 valence electrons. The van der Waals surface area contributed by atoms with Gasteiger partial charge in [-0.15, -0.1) is 0 Å². The van der Waals surface area contributed by atoms with Crippen molar-refractivity contribution in [1.82, 2.24) is 5.32 Å². The van der Waals surface area contributed by atoms with E-state index in [0.29, 0.717) is 0 Å². The molecule has 2 aromatic rings. The van der Waals surface area contributed by atoms with Crippen molar-refractivity contribution in [1.29, 1.82) is 0 Å². The van der Waals surface area contributed by atoms with Crippen molar-refractivity contribution in [2.45, 2.75) is 25.3 Å². The number of carbonyl (C=O) groups is 1. The molecule has 2 atom stereocenters. The molecule has 0 radical (unpaired) electrons. The summed E-state index contributed by atoms with van der Waals surface area (Å²) in [6.45, 7) is 2.76. The summed E-state index contributed by atoms with van der Waals surface area (Å²) in [5.41, 5.74) is 2.13. The van der Waals surface area contributed by atoms with Crippen LogP contribution in [0.25, 0.3) is 0 Å². The van der Waals surface area contributed by atoms with E-state index in [2.05, 4.69) is 10.6 Å². The summed E-state index contributed by atoms with van der Waals surface area (Å²) in [6.07, 6.45) is 2.44. The molecular formula is C16H18N2O2. The third-order valence-electron chi connectivity index (χ3n) is 3.73. The summed E-state index contributed by atoms with van der Waals surface area (Å²) in [4.78, 5) is 12.5. The van der Waals surface area contributed by atoms with Gasteiger partial charge in [-0.3, -0.25) is 4.79 Å². The third kappa shape index (κ3) is 2.41. The Kier molecular flexibility index (Phi) is 3.46. The highest BCUT2D eigenvalue weighted by Gasteiger charge is 2.27. The fourth-order valence-electron chi connectivity index (χ4n) is 2.66. The Bertz CT molecular complexity index is 592. The Hall–Kier alpha value is -2.23. The molecule has 1 unspecified atom stereocenters. The monoisotopic (exact) mass is 270 g/mol. The molecule has 2 N–H and O–H groups in total. The molecule has 0 bridgehead atoms. The van der Waals surface area contributed by atoms with Gasteiger partial charge in [0.1, 0.15) is 5.76 Å². The fraction of sp³-hybridized carbons (Fsp3) is 0.312. The molecule has 2 heterocycles. The lowest BCUT2D eigenvalue weighted by Crippen LogP contribution is -2.34. The SMILES string of the molecule is C[C@@H](NC(=O)C1CCNc2ccccc21)c1ccco1. The van der Waals surface area contributed by atoms with E-state index in [1.54, 1.807) is 6.26 Å². The number of nitrogens with one attached hydrogen (secondary N) is 2. The van der Waals surface area contributed by atoms with E-state index in [1.807, 2.05) is 43.3 Å². The highest BCUT2D eigenvalue weighted by molar-refractivity contribution is 5.86. The second kappa shape index (κ2) is 5.41. The molecule has 0 spiro atoms.